The largest absolute Gasteiger partial charge is 0.493 e. The van der Waals surface area contributed by atoms with Crippen LogP contribution in [0.5, 0.6) is 23.0 Å². The zero-order chi connectivity index (χ0) is 24.1. The van der Waals surface area contributed by atoms with Gasteiger partial charge in [0.25, 0.3) is 5.69 Å². The number of carbonyl (C=O) groups excluding carboxylic acids is 1. The number of carbonyl (C=O) groups is 1. The number of fused-ring (bicyclic) bond motifs is 1. The van der Waals surface area contributed by atoms with Crippen LogP contribution in [0.15, 0.2) is 66.2 Å². The Hall–Kier alpha value is -4.84. The Morgan fingerprint density at radius 1 is 1.12 bits per heavy atom. The van der Waals surface area contributed by atoms with Gasteiger partial charge in [0.05, 0.1) is 12.0 Å². The highest BCUT2D eigenvalue weighted by atomic mass is 16.7. The molecule has 0 unspecified atom stereocenters. The summed E-state index contributed by atoms with van der Waals surface area (Å²) >= 11 is 0. The van der Waals surface area contributed by atoms with Crippen molar-refractivity contribution in [2.24, 2.45) is 0 Å². The second-order valence-electron chi connectivity index (χ2n) is 7.19. The molecule has 0 aliphatic carbocycles. The number of nitro benzene ring substituents is 1. The van der Waals surface area contributed by atoms with Crippen LogP contribution in [0.4, 0.5) is 5.69 Å². The number of allylic oxidation sites excluding steroid dienone is 1. The summed E-state index contributed by atoms with van der Waals surface area (Å²) in [6.07, 6.45) is 1.39. The summed E-state index contributed by atoms with van der Waals surface area (Å²) in [7, 11) is 1.48. The van der Waals surface area contributed by atoms with E-state index in [0.717, 1.165) is 11.6 Å². The van der Waals surface area contributed by atoms with Crippen LogP contribution in [-0.4, -0.2) is 24.6 Å². The van der Waals surface area contributed by atoms with E-state index in [1.165, 1.54) is 31.4 Å². The highest BCUT2D eigenvalue weighted by molar-refractivity contribution is 6.14. The lowest BCUT2D eigenvalue weighted by Crippen LogP contribution is -2.03. The monoisotopic (exact) mass is 458 g/mol. The predicted molar refractivity (Wildman–Crippen MR) is 121 cm³/mol. The minimum absolute atomic E-state index is 0.0534. The van der Waals surface area contributed by atoms with Gasteiger partial charge in [-0.15, -0.1) is 0 Å². The number of nitriles is 1. The van der Waals surface area contributed by atoms with Crippen molar-refractivity contribution < 1.29 is 28.7 Å². The highest BCUT2D eigenvalue weighted by Gasteiger charge is 2.17. The van der Waals surface area contributed by atoms with E-state index in [0.29, 0.717) is 28.6 Å². The third kappa shape index (κ3) is 4.81. The first kappa shape index (κ1) is 22.4. The molecule has 0 atom stereocenters. The number of rotatable bonds is 8. The Morgan fingerprint density at radius 3 is 2.71 bits per heavy atom. The number of benzene rings is 3. The molecule has 1 aliphatic rings. The van der Waals surface area contributed by atoms with E-state index in [-0.39, 0.29) is 30.2 Å². The summed E-state index contributed by atoms with van der Waals surface area (Å²) in [6.45, 7) is 0.452. The molecule has 1 aliphatic heterocycles. The second kappa shape index (κ2) is 9.75. The van der Waals surface area contributed by atoms with Gasteiger partial charge >= 0.3 is 0 Å². The van der Waals surface area contributed by atoms with Gasteiger partial charge in [-0.25, -0.2) is 0 Å². The molecule has 0 aromatic heterocycles. The summed E-state index contributed by atoms with van der Waals surface area (Å²) in [5, 5.41) is 20.5. The molecule has 0 radical (unpaired) electrons. The van der Waals surface area contributed by atoms with E-state index in [9.17, 15) is 20.2 Å². The minimum atomic E-state index is -0.617. The van der Waals surface area contributed by atoms with Crippen LogP contribution >= 0.6 is 0 Å². The first-order valence-corrected chi connectivity index (χ1v) is 10.1. The van der Waals surface area contributed by atoms with Gasteiger partial charge in [-0.1, -0.05) is 24.3 Å². The van der Waals surface area contributed by atoms with Crippen molar-refractivity contribution in [1.82, 2.24) is 0 Å². The van der Waals surface area contributed by atoms with Crippen molar-refractivity contribution in [2.75, 3.05) is 13.9 Å². The SMILES string of the molecule is COc1cc(C=C(C#N)C(=O)c2cccc([N+](=O)[O-])c2)ccc1OCc1ccc2c(c1)OCO2. The molecule has 1 heterocycles. The summed E-state index contributed by atoms with van der Waals surface area (Å²) in [5.41, 5.74) is 1.06. The molecule has 0 fully saturated rings. The quantitative estimate of drug-likeness (QED) is 0.157. The molecule has 34 heavy (non-hydrogen) atoms. The second-order valence-corrected chi connectivity index (χ2v) is 7.19. The Kier molecular flexibility index (Phi) is 6.41. The number of hydrogen-bond acceptors (Lipinski definition) is 8. The first-order valence-electron chi connectivity index (χ1n) is 10.1. The smallest absolute Gasteiger partial charge is 0.270 e. The van der Waals surface area contributed by atoms with Gasteiger partial charge in [0.15, 0.2) is 23.0 Å². The number of hydrogen-bond donors (Lipinski definition) is 0. The van der Waals surface area contributed by atoms with Gasteiger partial charge < -0.3 is 18.9 Å². The van der Waals surface area contributed by atoms with E-state index < -0.39 is 10.7 Å². The van der Waals surface area contributed by atoms with Crippen LogP contribution in [0.3, 0.4) is 0 Å². The van der Waals surface area contributed by atoms with E-state index in [4.69, 9.17) is 18.9 Å². The van der Waals surface area contributed by atoms with Crippen molar-refractivity contribution in [2.45, 2.75) is 6.61 Å². The lowest BCUT2D eigenvalue weighted by molar-refractivity contribution is -0.384. The molecule has 0 saturated heterocycles. The number of nitro groups is 1. The maximum absolute atomic E-state index is 12.7. The van der Waals surface area contributed by atoms with Gasteiger partial charge in [-0.3, -0.25) is 14.9 Å². The average Bonchev–Trinajstić information content (AvgIpc) is 3.34. The molecule has 0 bridgehead atoms. The Balaban J connectivity index is 1.52. The minimum Gasteiger partial charge on any atom is -0.493 e. The standard InChI is InChI=1S/C25H18N2O7/c1-31-23-10-16(9-19(13-26)25(28)18-3-2-4-20(12-18)27(29)30)5-7-21(23)32-14-17-6-8-22-24(11-17)34-15-33-22/h2-12H,14-15H2,1H3. The fourth-order valence-corrected chi connectivity index (χ4v) is 3.32. The molecule has 0 saturated carbocycles. The van der Waals surface area contributed by atoms with Crippen molar-refractivity contribution in [1.29, 1.82) is 5.26 Å². The summed E-state index contributed by atoms with van der Waals surface area (Å²) in [4.78, 5) is 23.1. The van der Waals surface area contributed by atoms with Crippen LogP contribution in [0, 0.1) is 21.4 Å². The van der Waals surface area contributed by atoms with Crippen LogP contribution in [0.25, 0.3) is 6.08 Å². The number of ketones is 1. The van der Waals surface area contributed by atoms with Gasteiger partial charge in [0, 0.05) is 17.7 Å². The zero-order valence-corrected chi connectivity index (χ0v) is 18.0. The lowest BCUT2D eigenvalue weighted by atomic mass is 10.0. The number of nitrogens with zero attached hydrogens (tertiary/aromatic N) is 2. The fourth-order valence-electron chi connectivity index (χ4n) is 3.32. The van der Waals surface area contributed by atoms with Crippen molar-refractivity contribution in [3.8, 4) is 29.1 Å². The summed E-state index contributed by atoms with van der Waals surface area (Å²) in [6, 6.07) is 17.6. The Bertz CT molecular complexity index is 1340. The number of ether oxygens (including phenoxy) is 4. The van der Waals surface area contributed by atoms with E-state index >= 15 is 0 Å². The molecule has 3 aromatic carbocycles. The molecule has 0 amide bonds. The molecule has 0 spiro atoms. The highest BCUT2D eigenvalue weighted by Crippen LogP contribution is 2.34. The molecule has 4 rings (SSSR count). The molecular weight excluding hydrogens is 440 g/mol. The topological polar surface area (TPSA) is 121 Å². The zero-order valence-electron chi connectivity index (χ0n) is 18.0. The van der Waals surface area contributed by atoms with Crippen LogP contribution in [-0.2, 0) is 6.61 Å². The third-order valence-electron chi connectivity index (χ3n) is 5.01. The van der Waals surface area contributed by atoms with E-state index in [1.54, 1.807) is 18.2 Å². The van der Waals surface area contributed by atoms with E-state index in [2.05, 4.69) is 0 Å². The molecule has 170 valence electrons. The van der Waals surface area contributed by atoms with Gasteiger partial charge in [0.1, 0.15) is 18.2 Å². The predicted octanol–water partition coefficient (Wildman–Crippen LogP) is 4.70. The van der Waals surface area contributed by atoms with Crippen LogP contribution in [0.2, 0.25) is 0 Å². The Morgan fingerprint density at radius 2 is 1.94 bits per heavy atom. The maximum Gasteiger partial charge on any atom is 0.270 e. The van der Waals surface area contributed by atoms with E-state index in [1.807, 2.05) is 24.3 Å². The fraction of sp³-hybridized carbons (Fsp3) is 0.120. The summed E-state index contributed by atoms with van der Waals surface area (Å²) in [5.74, 6) is 1.61. The number of Topliss-reactive ketones (excluding diaryl/α,β-unsaturated/α-hetero) is 1. The maximum atomic E-state index is 12.7. The Labute approximate surface area is 194 Å². The lowest BCUT2D eigenvalue weighted by Gasteiger charge is -2.12. The van der Waals surface area contributed by atoms with Crippen molar-refractivity contribution >= 4 is 17.5 Å². The number of methoxy groups -OCH3 is 1. The van der Waals surface area contributed by atoms with Gasteiger partial charge in [-0.05, 0) is 41.5 Å². The third-order valence-corrected chi connectivity index (χ3v) is 5.01. The van der Waals surface area contributed by atoms with Gasteiger partial charge in [-0.2, -0.15) is 5.26 Å². The first-order chi connectivity index (χ1) is 16.5. The summed E-state index contributed by atoms with van der Waals surface area (Å²) < 4.78 is 22.0. The number of non-ortho nitro benzene ring substituents is 1. The normalized spacial score (nSPS) is 12.1. The molecule has 9 heteroatoms. The molecule has 0 N–H and O–H groups in total. The molecule has 9 nitrogen and oxygen atoms in total. The van der Waals surface area contributed by atoms with Crippen LogP contribution in [0.1, 0.15) is 21.5 Å². The van der Waals surface area contributed by atoms with Gasteiger partial charge in [0.2, 0.25) is 12.6 Å². The molecule has 3 aromatic rings. The van der Waals surface area contributed by atoms with Crippen LogP contribution < -0.4 is 18.9 Å². The van der Waals surface area contributed by atoms with Crippen molar-refractivity contribution in [3.05, 3.63) is 93.0 Å². The average molecular weight is 458 g/mol. The molecular formula is C25H18N2O7. The van der Waals surface area contributed by atoms with Crippen molar-refractivity contribution in [3.63, 3.8) is 0 Å².